The van der Waals surface area contributed by atoms with E-state index >= 15 is 0 Å². The van der Waals surface area contributed by atoms with E-state index in [-0.39, 0.29) is 0 Å². The minimum atomic E-state index is -0.536. The molecule has 0 bridgehead atoms. The lowest BCUT2D eigenvalue weighted by Crippen LogP contribution is -2.21. The van der Waals surface area contributed by atoms with Crippen molar-refractivity contribution in [3.8, 4) is 0 Å². The smallest absolute Gasteiger partial charge is 0.406 e. The molecule has 0 spiro atoms. The second-order valence-electron chi connectivity index (χ2n) is 2.21. The topological polar surface area (TPSA) is 61.2 Å². The molecule has 0 saturated carbocycles. The number of oxazole rings is 1. The highest BCUT2D eigenvalue weighted by Crippen LogP contribution is 2.08. The number of fused-ring (bicyclic) bond motifs is 1. The maximum atomic E-state index is 10.8. The van der Waals surface area contributed by atoms with Crippen molar-refractivity contribution < 1.29 is 4.42 Å². The summed E-state index contributed by atoms with van der Waals surface area (Å²) >= 11 is 0. The Morgan fingerprint density at radius 2 is 2.09 bits per heavy atom. The Hall–Kier alpha value is -1.71. The van der Waals surface area contributed by atoms with Crippen LogP contribution in [0.25, 0.3) is 11.1 Å². The molecular weight excluding hydrogens is 144 g/mol. The molecule has 0 aliphatic rings. The Kier molecular flexibility index (Phi) is 1.03. The Labute approximate surface area is 61.8 Å². The van der Waals surface area contributed by atoms with Crippen LogP contribution < -0.4 is 11.6 Å². The number of hydrogen-bond acceptors (Lipinski definition) is 3. The molecule has 1 heterocycles. The van der Waals surface area contributed by atoms with Crippen LogP contribution in [0.3, 0.4) is 0 Å². The molecule has 2 rings (SSSR count). The molecule has 0 fully saturated rings. The monoisotopic (exact) mass is 150 g/mol. The highest BCUT2D eigenvalue weighted by atomic mass is 16.4. The lowest BCUT2D eigenvalue weighted by atomic mass is 10.3. The lowest BCUT2D eigenvalue weighted by molar-refractivity contribution is 0.535. The Balaban J connectivity index is 3.04. The van der Waals surface area contributed by atoms with Crippen LogP contribution in [0, 0.1) is 0 Å². The van der Waals surface area contributed by atoms with Gasteiger partial charge in [-0.2, -0.15) is 4.68 Å². The third-order valence-electron chi connectivity index (χ3n) is 1.52. The molecule has 1 aromatic carbocycles. The highest BCUT2D eigenvalue weighted by Gasteiger charge is 2.02. The van der Waals surface area contributed by atoms with Gasteiger partial charge in [-0.15, -0.1) is 0 Å². The average Bonchev–Trinajstić information content (AvgIpc) is 2.30. The summed E-state index contributed by atoms with van der Waals surface area (Å²) in [6, 6.07) is 6.99. The molecule has 4 heteroatoms. The number of rotatable bonds is 0. The van der Waals surface area contributed by atoms with Crippen molar-refractivity contribution in [2.24, 2.45) is 0 Å². The average molecular weight is 150 g/mol. The molecule has 1 aromatic heterocycles. The Bertz CT molecular complexity index is 441. The standard InChI is InChI=1S/C7H6N2O2/c8-9-5-3-1-2-4-6(5)11-7(9)10/h1-4H,8H2. The lowest BCUT2D eigenvalue weighted by Gasteiger charge is -1.87. The van der Waals surface area contributed by atoms with Gasteiger partial charge in [0.25, 0.3) is 0 Å². The summed E-state index contributed by atoms with van der Waals surface area (Å²) in [5, 5.41) is 0. The number of para-hydroxylation sites is 2. The Morgan fingerprint density at radius 3 is 2.82 bits per heavy atom. The third kappa shape index (κ3) is 0.724. The maximum Gasteiger partial charge on any atom is 0.438 e. The van der Waals surface area contributed by atoms with E-state index in [0.29, 0.717) is 11.1 Å². The largest absolute Gasteiger partial charge is 0.438 e. The van der Waals surface area contributed by atoms with E-state index < -0.39 is 5.76 Å². The fourth-order valence-electron chi connectivity index (χ4n) is 0.984. The van der Waals surface area contributed by atoms with Crippen LogP contribution in [-0.2, 0) is 0 Å². The van der Waals surface area contributed by atoms with E-state index in [4.69, 9.17) is 10.3 Å². The molecule has 56 valence electrons. The zero-order chi connectivity index (χ0) is 7.84. The summed E-state index contributed by atoms with van der Waals surface area (Å²) in [5.74, 6) is 4.81. The molecular formula is C7H6N2O2. The van der Waals surface area contributed by atoms with Crippen molar-refractivity contribution in [2.75, 3.05) is 5.84 Å². The fourth-order valence-corrected chi connectivity index (χ4v) is 0.984. The maximum absolute atomic E-state index is 10.8. The molecule has 0 amide bonds. The molecule has 0 unspecified atom stereocenters. The molecule has 2 N–H and O–H groups in total. The van der Waals surface area contributed by atoms with Crippen LogP contribution in [0.2, 0.25) is 0 Å². The van der Waals surface area contributed by atoms with Gasteiger partial charge in [0.1, 0.15) is 5.52 Å². The number of nitrogens with two attached hydrogens (primary N) is 1. The zero-order valence-electron chi connectivity index (χ0n) is 5.65. The van der Waals surface area contributed by atoms with Crippen molar-refractivity contribution in [2.45, 2.75) is 0 Å². The van der Waals surface area contributed by atoms with Crippen molar-refractivity contribution in [3.63, 3.8) is 0 Å². The number of nitrogens with zero attached hydrogens (tertiary/aromatic N) is 1. The van der Waals surface area contributed by atoms with Gasteiger partial charge < -0.3 is 10.3 Å². The Morgan fingerprint density at radius 1 is 1.36 bits per heavy atom. The zero-order valence-corrected chi connectivity index (χ0v) is 5.65. The van der Waals surface area contributed by atoms with Crippen LogP contribution in [0.5, 0.6) is 0 Å². The van der Waals surface area contributed by atoms with E-state index in [2.05, 4.69) is 0 Å². The van der Waals surface area contributed by atoms with Crippen LogP contribution in [-0.4, -0.2) is 4.68 Å². The van der Waals surface area contributed by atoms with E-state index in [0.717, 1.165) is 4.68 Å². The first-order chi connectivity index (χ1) is 5.29. The van der Waals surface area contributed by atoms with Crippen molar-refractivity contribution in [3.05, 3.63) is 34.8 Å². The first-order valence-corrected chi connectivity index (χ1v) is 3.15. The van der Waals surface area contributed by atoms with Gasteiger partial charge in [0.05, 0.1) is 0 Å². The number of aromatic nitrogens is 1. The van der Waals surface area contributed by atoms with E-state index in [1.54, 1.807) is 24.3 Å². The normalized spacial score (nSPS) is 10.5. The molecule has 0 atom stereocenters. The van der Waals surface area contributed by atoms with E-state index in [9.17, 15) is 4.79 Å². The van der Waals surface area contributed by atoms with Crippen molar-refractivity contribution in [1.82, 2.24) is 4.68 Å². The number of nitrogen functional groups attached to an aromatic ring is 1. The predicted molar refractivity (Wildman–Crippen MR) is 40.6 cm³/mol. The van der Waals surface area contributed by atoms with Crippen molar-refractivity contribution >= 4 is 11.1 Å². The van der Waals surface area contributed by atoms with Crippen LogP contribution in [0.15, 0.2) is 33.5 Å². The van der Waals surface area contributed by atoms with Gasteiger partial charge in [0.15, 0.2) is 5.58 Å². The van der Waals surface area contributed by atoms with Gasteiger partial charge in [0.2, 0.25) is 0 Å². The minimum Gasteiger partial charge on any atom is -0.406 e. The van der Waals surface area contributed by atoms with Gasteiger partial charge in [-0.3, -0.25) is 0 Å². The fraction of sp³-hybridized carbons (Fsp3) is 0. The van der Waals surface area contributed by atoms with Gasteiger partial charge in [-0.05, 0) is 12.1 Å². The van der Waals surface area contributed by atoms with Gasteiger partial charge in [-0.25, -0.2) is 4.79 Å². The van der Waals surface area contributed by atoms with Gasteiger partial charge >= 0.3 is 5.76 Å². The molecule has 2 aromatic rings. The third-order valence-corrected chi connectivity index (χ3v) is 1.52. The molecule has 0 saturated heterocycles. The molecule has 0 aliphatic carbocycles. The molecule has 0 aliphatic heterocycles. The molecule has 0 radical (unpaired) electrons. The number of hydrogen-bond donors (Lipinski definition) is 1. The molecule has 11 heavy (non-hydrogen) atoms. The van der Waals surface area contributed by atoms with Crippen molar-refractivity contribution in [1.29, 1.82) is 0 Å². The summed E-state index contributed by atoms with van der Waals surface area (Å²) in [5.41, 5.74) is 1.12. The quantitative estimate of drug-likeness (QED) is 0.549. The summed E-state index contributed by atoms with van der Waals surface area (Å²) in [7, 11) is 0. The second-order valence-corrected chi connectivity index (χ2v) is 2.21. The van der Waals surface area contributed by atoms with Crippen LogP contribution >= 0.6 is 0 Å². The predicted octanol–water partition coefficient (Wildman–Crippen LogP) is 0.308. The van der Waals surface area contributed by atoms with E-state index in [1.807, 2.05) is 0 Å². The minimum absolute atomic E-state index is 0.514. The van der Waals surface area contributed by atoms with Crippen LogP contribution in [0.4, 0.5) is 0 Å². The first kappa shape index (κ1) is 6.03. The van der Waals surface area contributed by atoms with Crippen LogP contribution in [0.1, 0.15) is 0 Å². The highest BCUT2D eigenvalue weighted by molar-refractivity contribution is 5.72. The first-order valence-electron chi connectivity index (χ1n) is 3.15. The van der Waals surface area contributed by atoms with Gasteiger partial charge in [-0.1, -0.05) is 12.1 Å². The van der Waals surface area contributed by atoms with E-state index in [1.165, 1.54) is 0 Å². The second kappa shape index (κ2) is 1.88. The molecule has 4 nitrogen and oxygen atoms in total. The summed E-state index contributed by atoms with van der Waals surface area (Å²) in [4.78, 5) is 10.8. The summed E-state index contributed by atoms with van der Waals surface area (Å²) < 4.78 is 5.76. The summed E-state index contributed by atoms with van der Waals surface area (Å²) in [6.07, 6.45) is 0. The number of benzene rings is 1. The SMILES string of the molecule is Nn1c(=O)oc2ccccc21. The van der Waals surface area contributed by atoms with Gasteiger partial charge in [0, 0.05) is 0 Å². The summed E-state index contributed by atoms with van der Waals surface area (Å²) in [6.45, 7) is 0.